The minimum Gasteiger partial charge on any atom is -0.311 e. The van der Waals surface area contributed by atoms with E-state index in [-0.39, 0.29) is 0 Å². The Bertz CT molecular complexity index is 2700. The van der Waals surface area contributed by atoms with E-state index in [1.807, 2.05) is 11.3 Å². The van der Waals surface area contributed by atoms with Crippen LogP contribution in [0.15, 0.2) is 231 Å². The van der Waals surface area contributed by atoms with Crippen molar-refractivity contribution in [2.24, 2.45) is 0 Å². The third-order valence-electron chi connectivity index (χ3n) is 10.6. The molecule has 0 unspecified atom stereocenters. The maximum Gasteiger partial charge on any atom is 0.0462 e. The maximum atomic E-state index is 2.37. The first-order chi connectivity index (χ1) is 28.2. The highest BCUT2D eigenvalue weighted by Gasteiger charge is 2.16. The average molecular weight is 747 g/mol. The molecule has 0 aliphatic carbocycles. The van der Waals surface area contributed by atoms with Crippen LogP contribution in [0, 0.1) is 0 Å². The molecule has 0 bridgehead atoms. The van der Waals surface area contributed by atoms with Crippen molar-refractivity contribution in [1.82, 2.24) is 0 Å². The molecule has 0 fully saturated rings. The molecule has 0 aliphatic rings. The quantitative estimate of drug-likeness (QED) is 0.145. The minimum absolute atomic E-state index is 1.11. The van der Waals surface area contributed by atoms with Crippen molar-refractivity contribution >= 4 is 65.6 Å². The first-order valence-corrected chi connectivity index (χ1v) is 20.1. The van der Waals surface area contributed by atoms with Gasteiger partial charge < -0.3 is 9.80 Å². The van der Waals surface area contributed by atoms with Crippen LogP contribution in [-0.4, -0.2) is 0 Å². The lowest BCUT2D eigenvalue weighted by Gasteiger charge is -2.25. The molecule has 9 aromatic carbocycles. The monoisotopic (exact) mass is 746 g/mol. The van der Waals surface area contributed by atoms with Crippen LogP contribution in [0.1, 0.15) is 0 Å². The molecule has 57 heavy (non-hydrogen) atoms. The van der Waals surface area contributed by atoms with Crippen LogP contribution in [0.5, 0.6) is 0 Å². The van der Waals surface area contributed by atoms with Crippen LogP contribution in [0.25, 0.3) is 53.6 Å². The van der Waals surface area contributed by atoms with Gasteiger partial charge in [0.2, 0.25) is 0 Å². The van der Waals surface area contributed by atoms with Crippen molar-refractivity contribution in [1.29, 1.82) is 0 Å². The van der Waals surface area contributed by atoms with Gasteiger partial charge in [0.05, 0.1) is 0 Å². The van der Waals surface area contributed by atoms with E-state index in [0.29, 0.717) is 0 Å². The summed E-state index contributed by atoms with van der Waals surface area (Å²) in [6.45, 7) is 0. The van der Waals surface area contributed by atoms with Gasteiger partial charge in [0.25, 0.3) is 0 Å². The molecular formula is C54H38N2S. The second kappa shape index (κ2) is 15.1. The van der Waals surface area contributed by atoms with Crippen molar-refractivity contribution < 1.29 is 0 Å². The molecule has 0 amide bonds. The van der Waals surface area contributed by atoms with Gasteiger partial charge in [0, 0.05) is 54.3 Å². The lowest BCUT2D eigenvalue weighted by atomic mass is 9.92. The zero-order chi connectivity index (χ0) is 38.0. The van der Waals surface area contributed by atoms with Gasteiger partial charge in [-0.1, -0.05) is 121 Å². The van der Waals surface area contributed by atoms with Crippen LogP contribution >= 0.6 is 11.3 Å². The van der Waals surface area contributed by atoms with Gasteiger partial charge >= 0.3 is 0 Å². The Kier molecular flexibility index (Phi) is 9.11. The summed E-state index contributed by atoms with van der Waals surface area (Å²) in [4.78, 5) is 4.61. The predicted molar refractivity (Wildman–Crippen MR) is 245 cm³/mol. The molecular weight excluding hydrogens is 709 g/mol. The number of thiophene rings is 1. The molecule has 2 nitrogen and oxygen atoms in total. The highest BCUT2D eigenvalue weighted by molar-refractivity contribution is 7.25. The van der Waals surface area contributed by atoms with Gasteiger partial charge in [0.1, 0.15) is 0 Å². The zero-order valence-corrected chi connectivity index (χ0v) is 32.1. The molecule has 3 heteroatoms. The molecule has 1 heterocycles. The SMILES string of the molecule is c1ccc(N(c2ccccc2)c2ccc(-c3cc(-c4ccc(N(c5ccccc5)c5ccccc5)cc4)cc(-c4ccc5sc6ccccc6c5c4)c3)cc2)cc1. The molecule has 10 aromatic rings. The van der Waals surface area contributed by atoms with E-state index in [2.05, 4.69) is 240 Å². The standard InChI is InChI=1S/C54H38N2S/c1-5-15-45(16-6-1)55(46-17-7-2-8-18-46)49-30-25-39(26-31-49)42-35-43(37-44(36-42)41-29-34-54-52(38-41)51-23-13-14-24-53(51)57-54)40-27-32-50(33-28-40)56(47-19-9-3-10-20-47)48-21-11-4-12-22-48/h1-38H. The maximum absolute atomic E-state index is 2.37. The van der Waals surface area contributed by atoms with E-state index in [1.165, 1.54) is 53.6 Å². The van der Waals surface area contributed by atoms with Crippen LogP contribution in [-0.2, 0) is 0 Å². The Morgan fingerprint density at radius 3 is 1.00 bits per heavy atom. The van der Waals surface area contributed by atoms with Crippen LogP contribution in [0.4, 0.5) is 34.1 Å². The fraction of sp³-hybridized carbons (Fsp3) is 0. The first kappa shape index (κ1) is 34.3. The van der Waals surface area contributed by atoms with Gasteiger partial charge in [0.15, 0.2) is 0 Å². The number of nitrogens with zero attached hydrogens (tertiary/aromatic N) is 2. The Morgan fingerprint density at radius 2 is 0.561 bits per heavy atom. The number of anilines is 6. The highest BCUT2D eigenvalue weighted by Crippen LogP contribution is 2.41. The van der Waals surface area contributed by atoms with Crippen LogP contribution in [0.2, 0.25) is 0 Å². The van der Waals surface area contributed by atoms with Crippen molar-refractivity contribution in [3.8, 4) is 33.4 Å². The van der Waals surface area contributed by atoms with Crippen molar-refractivity contribution in [2.75, 3.05) is 9.80 Å². The lowest BCUT2D eigenvalue weighted by molar-refractivity contribution is 1.28. The summed E-state index contributed by atoms with van der Waals surface area (Å²) in [5, 5.41) is 2.61. The van der Waals surface area contributed by atoms with E-state index in [0.717, 1.165) is 34.1 Å². The summed E-state index contributed by atoms with van der Waals surface area (Å²) in [6.07, 6.45) is 0. The van der Waals surface area contributed by atoms with Crippen molar-refractivity contribution in [3.63, 3.8) is 0 Å². The summed E-state index contributed by atoms with van der Waals surface area (Å²) in [7, 11) is 0. The number of fused-ring (bicyclic) bond motifs is 3. The molecule has 270 valence electrons. The molecule has 0 spiro atoms. The van der Waals surface area contributed by atoms with Gasteiger partial charge in [-0.3, -0.25) is 0 Å². The fourth-order valence-corrected chi connectivity index (χ4v) is 8.93. The van der Waals surface area contributed by atoms with Gasteiger partial charge in [-0.2, -0.15) is 0 Å². The molecule has 0 atom stereocenters. The smallest absolute Gasteiger partial charge is 0.0462 e. The zero-order valence-electron chi connectivity index (χ0n) is 31.2. The normalized spacial score (nSPS) is 11.2. The molecule has 0 N–H and O–H groups in total. The number of hydrogen-bond acceptors (Lipinski definition) is 3. The predicted octanol–water partition coefficient (Wildman–Crippen LogP) is 16.0. The van der Waals surface area contributed by atoms with E-state index in [9.17, 15) is 0 Å². The molecule has 0 saturated heterocycles. The first-order valence-electron chi connectivity index (χ1n) is 19.3. The summed E-state index contributed by atoms with van der Waals surface area (Å²) in [5.41, 5.74) is 13.8. The summed E-state index contributed by atoms with van der Waals surface area (Å²) >= 11 is 1.86. The van der Waals surface area contributed by atoms with Gasteiger partial charge in [-0.25, -0.2) is 0 Å². The van der Waals surface area contributed by atoms with Crippen LogP contribution < -0.4 is 9.80 Å². The average Bonchev–Trinajstić information content (AvgIpc) is 3.67. The second-order valence-corrected chi connectivity index (χ2v) is 15.3. The molecule has 0 saturated carbocycles. The number of benzene rings is 9. The Balaban J connectivity index is 1.08. The fourth-order valence-electron chi connectivity index (χ4n) is 7.84. The van der Waals surface area contributed by atoms with Gasteiger partial charge in [-0.05, 0) is 143 Å². The number of para-hydroxylation sites is 4. The summed E-state index contributed by atoms with van der Waals surface area (Å²) in [5.74, 6) is 0. The second-order valence-electron chi connectivity index (χ2n) is 14.2. The minimum atomic E-state index is 1.11. The summed E-state index contributed by atoms with van der Waals surface area (Å²) < 4.78 is 2.63. The third-order valence-corrected chi connectivity index (χ3v) is 11.8. The molecule has 0 radical (unpaired) electrons. The topological polar surface area (TPSA) is 6.48 Å². The van der Waals surface area contributed by atoms with E-state index in [4.69, 9.17) is 0 Å². The molecule has 0 aliphatic heterocycles. The Morgan fingerprint density at radius 1 is 0.228 bits per heavy atom. The largest absolute Gasteiger partial charge is 0.311 e. The van der Waals surface area contributed by atoms with Crippen molar-refractivity contribution in [2.45, 2.75) is 0 Å². The number of hydrogen-bond donors (Lipinski definition) is 0. The highest BCUT2D eigenvalue weighted by atomic mass is 32.1. The molecule has 1 aromatic heterocycles. The Labute approximate surface area is 337 Å². The third kappa shape index (κ3) is 6.86. The Hall–Kier alpha value is -7.20. The lowest BCUT2D eigenvalue weighted by Crippen LogP contribution is -2.09. The van der Waals surface area contributed by atoms with E-state index < -0.39 is 0 Å². The molecule has 10 rings (SSSR count). The summed E-state index contributed by atoms with van der Waals surface area (Å²) in [6, 6.07) is 83.0. The number of rotatable bonds is 9. The van der Waals surface area contributed by atoms with Crippen LogP contribution in [0.3, 0.4) is 0 Å². The van der Waals surface area contributed by atoms with E-state index in [1.54, 1.807) is 0 Å². The van der Waals surface area contributed by atoms with Crippen molar-refractivity contribution in [3.05, 3.63) is 231 Å². The van der Waals surface area contributed by atoms with Gasteiger partial charge in [-0.15, -0.1) is 11.3 Å². The van der Waals surface area contributed by atoms with E-state index >= 15 is 0 Å².